The van der Waals surface area contributed by atoms with Crippen LogP contribution >= 0.6 is 0 Å². The summed E-state index contributed by atoms with van der Waals surface area (Å²) < 4.78 is 5.64. The van der Waals surface area contributed by atoms with E-state index in [0.29, 0.717) is 6.10 Å². The van der Waals surface area contributed by atoms with Gasteiger partial charge in [0.25, 0.3) is 0 Å². The van der Waals surface area contributed by atoms with E-state index in [1.165, 1.54) is 6.42 Å². The van der Waals surface area contributed by atoms with Crippen LogP contribution in [0.2, 0.25) is 0 Å². The molecule has 2 unspecified atom stereocenters. The van der Waals surface area contributed by atoms with Gasteiger partial charge < -0.3 is 9.64 Å². The summed E-state index contributed by atoms with van der Waals surface area (Å²) in [5, 5.41) is 13.1. The molecule has 0 aliphatic carbocycles. The lowest BCUT2D eigenvalue weighted by molar-refractivity contribution is 0.103. The third-order valence-corrected chi connectivity index (χ3v) is 4.38. The maximum Gasteiger partial charge on any atom is 0.108 e. The molecule has 0 spiro atoms. The van der Waals surface area contributed by atoms with Gasteiger partial charge in [-0.05, 0) is 51.6 Å². The standard InChI is InChI=1S/C15H27N3O/c1-2-8-18-9-4-6-15(13-16,7-10-18)17-12-14-5-3-11-19-14/h14,17H,2-12H2,1H3. The number of nitrogens with one attached hydrogen (secondary N) is 1. The first-order chi connectivity index (χ1) is 9.28. The fourth-order valence-corrected chi connectivity index (χ4v) is 3.17. The van der Waals surface area contributed by atoms with Gasteiger partial charge in [0.15, 0.2) is 0 Å². The van der Waals surface area contributed by atoms with Crippen LogP contribution in [0, 0.1) is 11.3 Å². The Balaban J connectivity index is 1.84. The lowest BCUT2D eigenvalue weighted by atomic mass is 9.92. The van der Waals surface area contributed by atoms with Gasteiger partial charge in [-0.25, -0.2) is 0 Å². The molecule has 2 aliphatic rings. The Bertz CT molecular complexity index is 309. The molecule has 0 amide bonds. The van der Waals surface area contributed by atoms with Crippen molar-refractivity contribution in [3.8, 4) is 6.07 Å². The minimum atomic E-state index is -0.325. The Hall–Kier alpha value is -0.630. The van der Waals surface area contributed by atoms with Crippen molar-refractivity contribution in [2.75, 3.05) is 32.8 Å². The highest BCUT2D eigenvalue weighted by Crippen LogP contribution is 2.23. The van der Waals surface area contributed by atoms with Crippen LogP contribution in [0.15, 0.2) is 0 Å². The van der Waals surface area contributed by atoms with Gasteiger partial charge in [-0.15, -0.1) is 0 Å². The minimum absolute atomic E-state index is 0.320. The monoisotopic (exact) mass is 265 g/mol. The molecule has 0 radical (unpaired) electrons. The molecule has 2 saturated heterocycles. The van der Waals surface area contributed by atoms with Gasteiger partial charge in [-0.3, -0.25) is 5.32 Å². The van der Waals surface area contributed by atoms with Gasteiger partial charge in [0, 0.05) is 19.7 Å². The number of likely N-dealkylation sites (tertiary alicyclic amines) is 1. The second-order valence-corrected chi connectivity index (χ2v) is 5.91. The fourth-order valence-electron chi connectivity index (χ4n) is 3.17. The van der Waals surface area contributed by atoms with Gasteiger partial charge in [0.2, 0.25) is 0 Å². The van der Waals surface area contributed by atoms with Crippen LogP contribution < -0.4 is 5.32 Å². The number of nitriles is 1. The van der Waals surface area contributed by atoms with E-state index >= 15 is 0 Å². The first-order valence-electron chi connectivity index (χ1n) is 7.78. The summed E-state index contributed by atoms with van der Waals surface area (Å²) >= 11 is 0. The maximum absolute atomic E-state index is 9.58. The van der Waals surface area contributed by atoms with Crippen LogP contribution in [0.3, 0.4) is 0 Å². The van der Waals surface area contributed by atoms with Crippen molar-refractivity contribution in [2.45, 2.75) is 57.1 Å². The van der Waals surface area contributed by atoms with Crippen molar-refractivity contribution in [2.24, 2.45) is 0 Å². The molecule has 2 fully saturated rings. The number of rotatable bonds is 5. The van der Waals surface area contributed by atoms with Crippen LogP contribution in [-0.4, -0.2) is 49.3 Å². The van der Waals surface area contributed by atoms with E-state index in [1.807, 2.05) is 0 Å². The van der Waals surface area contributed by atoms with Gasteiger partial charge in [-0.2, -0.15) is 5.26 Å². The molecule has 2 atom stereocenters. The van der Waals surface area contributed by atoms with E-state index in [2.05, 4.69) is 23.2 Å². The molecule has 0 aromatic heterocycles. The van der Waals surface area contributed by atoms with Crippen molar-refractivity contribution in [1.82, 2.24) is 10.2 Å². The lowest BCUT2D eigenvalue weighted by Crippen LogP contribution is -2.47. The Kier molecular flexibility index (Phi) is 5.62. The van der Waals surface area contributed by atoms with E-state index < -0.39 is 0 Å². The number of ether oxygens (including phenoxy) is 1. The van der Waals surface area contributed by atoms with Crippen LogP contribution in [0.1, 0.15) is 45.4 Å². The average molecular weight is 265 g/mol. The van der Waals surface area contributed by atoms with Crippen LogP contribution in [0.5, 0.6) is 0 Å². The third kappa shape index (κ3) is 4.17. The van der Waals surface area contributed by atoms with Crippen LogP contribution in [0.25, 0.3) is 0 Å². The highest BCUT2D eigenvalue weighted by molar-refractivity contribution is 5.08. The molecular weight excluding hydrogens is 238 g/mol. The fraction of sp³-hybridized carbons (Fsp3) is 0.933. The first kappa shape index (κ1) is 14.8. The van der Waals surface area contributed by atoms with Gasteiger partial charge in [0.1, 0.15) is 5.54 Å². The molecule has 2 heterocycles. The molecule has 4 nitrogen and oxygen atoms in total. The van der Waals surface area contributed by atoms with Crippen molar-refractivity contribution in [3.05, 3.63) is 0 Å². The predicted molar refractivity (Wildman–Crippen MR) is 75.9 cm³/mol. The molecule has 2 aliphatic heterocycles. The van der Waals surface area contributed by atoms with Gasteiger partial charge in [-0.1, -0.05) is 6.92 Å². The summed E-state index contributed by atoms with van der Waals surface area (Å²) in [7, 11) is 0. The Morgan fingerprint density at radius 2 is 2.26 bits per heavy atom. The third-order valence-electron chi connectivity index (χ3n) is 4.38. The maximum atomic E-state index is 9.58. The van der Waals surface area contributed by atoms with Gasteiger partial charge >= 0.3 is 0 Å². The summed E-state index contributed by atoms with van der Waals surface area (Å²) in [5.41, 5.74) is -0.325. The molecule has 4 heteroatoms. The van der Waals surface area contributed by atoms with Crippen molar-refractivity contribution >= 4 is 0 Å². The molecule has 0 aromatic rings. The predicted octanol–water partition coefficient (Wildman–Crippen LogP) is 1.91. The normalized spacial score (nSPS) is 32.9. The lowest BCUT2D eigenvalue weighted by Gasteiger charge is -2.28. The van der Waals surface area contributed by atoms with E-state index in [4.69, 9.17) is 4.74 Å². The smallest absolute Gasteiger partial charge is 0.108 e. The first-order valence-corrected chi connectivity index (χ1v) is 7.78. The summed E-state index contributed by atoms with van der Waals surface area (Å²) in [6.45, 7) is 7.28. The van der Waals surface area contributed by atoms with Crippen molar-refractivity contribution < 1.29 is 4.74 Å². The highest BCUT2D eigenvalue weighted by atomic mass is 16.5. The molecule has 19 heavy (non-hydrogen) atoms. The molecular formula is C15H27N3O. The average Bonchev–Trinajstić information content (AvgIpc) is 2.87. The molecule has 108 valence electrons. The minimum Gasteiger partial charge on any atom is -0.377 e. The summed E-state index contributed by atoms with van der Waals surface area (Å²) in [6, 6.07) is 2.55. The van der Waals surface area contributed by atoms with Crippen LogP contribution in [0.4, 0.5) is 0 Å². The van der Waals surface area contributed by atoms with Gasteiger partial charge in [0.05, 0.1) is 12.2 Å². The molecule has 2 rings (SSSR count). The quantitative estimate of drug-likeness (QED) is 0.825. The zero-order valence-electron chi connectivity index (χ0n) is 12.2. The Morgan fingerprint density at radius 3 is 2.95 bits per heavy atom. The Morgan fingerprint density at radius 1 is 1.37 bits per heavy atom. The topological polar surface area (TPSA) is 48.3 Å². The van der Waals surface area contributed by atoms with E-state index in [9.17, 15) is 5.26 Å². The van der Waals surface area contributed by atoms with Crippen LogP contribution in [-0.2, 0) is 4.74 Å². The highest BCUT2D eigenvalue weighted by Gasteiger charge is 2.33. The molecule has 0 bridgehead atoms. The summed E-state index contributed by atoms with van der Waals surface area (Å²) in [5.74, 6) is 0. The Labute approximate surface area is 117 Å². The SMILES string of the molecule is CCCN1CCCC(C#N)(NCC2CCCO2)CC1. The zero-order chi connectivity index (χ0) is 13.6. The second-order valence-electron chi connectivity index (χ2n) is 5.91. The molecule has 0 aromatic carbocycles. The summed E-state index contributed by atoms with van der Waals surface area (Å²) in [6.07, 6.45) is 6.84. The second kappa shape index (κ2) is 7.23. The van der Waals surface area contributed by atoms with Crippen molar-refractivity contribution in [3.63, 3.8) is 0 Å². The molecule has 0 saturated carbocycles. The molecule has 1 N–H and O–H groups in total. The van der Waals surface area contributed by atoms with Crippen molar-refractivity contribution in [1.29, 1.82) is 5.26 Å². The number of hydrogen-bond donors (Lipinski definition) is 1. The summed E-state index contributed by atoms with van der Waals surface area (Å²) in [4.78, 5) is 2.49. The zero-order valence-corrected chi connectivity index (χ0v) is 12.2. The van der Waals surface area contributed by atoms with E-state index in [0.717, 1.165) is 64.9 Å². The number of nitrogens with zero attached hydrogens (tertiary/aromatic N) is 2. The van der Waals surface area contributed by atoms with E-state index in [1.54, 1.807) is 0 Å². The van der Waals surface area contributed by atoms with E-state index in [-0.39, 0.29) is 5.54 Å². The largest absolute Gasteiger partial charge is 0.377 e. The number of hydrogen-bond acceptors (Lipinski definition) is 4.